The minimum absolute atomic E-state index is 0.0761. The molecule has 1 heterocycles. The van der Waals surface area contributed by atoms with Crippen molar-refractivity contribution in [3.63, 3.8) is 0 Å². The van der Waals surface area contributed by atoms with E-state index in [0.29, 0.717) is 12.0 Å². The Labute approximate surface area is 121 Å². The molecule has 0 aliphatic rings. The Morgan fingerprint density at radius 1 is 1.50 bits per heavy atom. The highest BCUT2D eigenvalue weighted by molar-refractivity contribution is 7.75. The van der Waals surface area contributed by atoms with E-state index in [1.54, 1.807) is 12.1 Å². The molecule has 0 spiro atoms. The maximum atomic E-state index is 12.3. The number of aromatic hydroxyl groups is 1. The molecule has 2 rings (SSSR count). The van der Waals surface area contributed by atoms with Crippen LogP contribution in [0.1, 0.15) is 12.5 Å². The van der Waals surface area contributed by atoms with Gasteiger partial charge in [-0.15, -0.1) is 5.10 Å². The van der Waals surface area contributed by atoms with Crippen LogP contribution in [-0.4, -0.2) is 14.9 Å². The molecular weight excluding hydrogens is 278 g/mol. The third-order valence-electron chi connectivity index (χ3n) is 3.06. The number of nitrogens with two attached hydrogens (primary N) is 1. The second-order valence-electron chi connectivity index (χ2n) is 4.30. The number of hydrogen-bond acceptors (Lipinski definition) is 6. The van der Waals surface area contributed by atoms with Crippen molar-refractivity contribution >= 4 is 18.7 Å². The Morgan fingerprint density at radius 3 is 2.80 bits per heavy atom. The van der Waals surface area contributed by atoms with Gasteiger partial charge in [0.25, 0.3) is 5.56 Å². The first kappa shape index (κ1) is 14.3. The van der Waals surface area contributed by atoms with Crippen LogP contribution in [0, 0.1) is 0 Å². The van der Waals surface area contributed by atoms with Crippen LogP contribution in [0.4, 0.5) is 5.82 Å². The quantitative estimate of drug-likeness (QED) is 0.589. The van der Waals surface area contributed by atoms with E-state index in [1.165, 1.54) is 13.1 Å². The molecule has 0 unspecified atom stereocenters. The van der Waals surface area contributed by atoms with Gasteiger partial charge in [0.1, 0.15) is 5.75 Å². The second kappa shape index (κ2) is 5.46. The zero-order valence-corrected chi connectivity index (χ0v) is 12.0. The predicted molar refractivity (Wildman–Crippen MR) is 80.0 cm³/mol. The van der Waals surface area contributed by atoms with Crippen LogP contribution in [0.2, 0.25) is 0 Å². The van der Waals surface area contributed by atoms with E-state index in [2.05, 4.69) is 18.0 Å². The van der Waals surface area contributed by atoms with Gasteiger partial charge in [0.2, 0.25) is 0 Å². The summed E-state index contributed by atoms with van der Waals surface area (Å²) in [6.45, 7) is 1.93. The van der Waals surface area contributed by atoms with Crippen LogP contribution < -0.4 is 15.5 Å². The molecule has 0 radical (unpaired) electrons. The van der Waals surface area contributed by atoms with Gasteiger partial charge in [-0.05, 0) is 29.7 Å². The molecule has 106 valence electrons. The van der Waals surface area contributed by atoms with Gasteiger partial charge in [-0.3, -0.25) is 4.79 Å². The first-order valence-corrected chi connectivity index (χ1v) is 6.36. The molecular formula is C13H15N3O3S. The summed E-state index contributed by atoms with van der Waals surface area (Å²) in [5, 5.41) is 13.4. The van der Waals surface area contributed by atoms with Crippen molar-refractivity contribution in [2.75, 3.05) is 5.73 Å². The van der Waals surface area contributed by atoms with Gasteiger partial charge in [0.15, 0.2) is 11.6 Å². The molecule has 0 saturated carbocycles. The average Bonchev–Trinajstić information content (AvgIpc) is 2.42. The summed E-state index contributed by atoms with van der Waals surface area (Å²) in [4.78, 5) is 12.3. The van der Waals surface area contributed by atoms with E-state index in [9.17, 15) is 9.90 Å². The number of hydrogen-bond donors (Lipinski definition) is 3. The van der Waals surface area contributed by atoms with E-state index >= 15 is 0 Å². The largest absolute Gasteiger partial charge is 0.508 e. The SMILES string of the molecule is CCc1cc(O)ccc1-c1c(OS)c(N)nn(C)c1=O. The van der Waals surface area contributed by atoms with Crippen molar-refractivity contribution in [2.45, 2.75) is 13.3 Å². The molecule has 0 aliphatic heterocycles. The summed E-state index contributed by atoms with van der Waals surface area (Å²) >= 11 is 3.75. The third kappa shape index (κ3) is 2.32. The molecule has 2 aromatic rings. The lowest BCUT2D eigenvalue weighted by Crippen LogP contribution is -2.23. The summed E-state index contributed by atoms with van der Waals surface area (Å²) in [7, 11) is 1.51. The van der Waals surface area contributed by atoms with Gasteiger partial charge in [0.05, 0.1) is 5.56 Å². The highest BCUT2D eigenvalue weighted by atomic mass is 32.1. The van der Waals surface area contributed by atoms with Crippen LogP contribution in [-0.2, 0) is 13.5 Å². The molecule has 20 heavy (non-hydrogen) atoms. The fraction of sp³-hybridized carbons (Fsp3) is 0.231. The zero-order valence-electron chi connectivity index (χ0n) is 11.1. The number of aryl methyl sites for hydroxylation is 2. The number of phenols is 1. The minimum atomic E-state index is -0.344. The second-order valence-corrected chi connectivity index (χ2v) is 4.49. The lowest BCUT2D eigenvalue weighted by Gasteiger charge is -2.13. The third-order valence-corrected chi connectivity index (χ3v) is 3.24. The first-order valence-electron chi connectivity index (χ1n) is 6.00. The molecule has 0 atom stereocenters. The number of nitrogen functional groups attached to an aromatic ring is 1. The lowest BCUT2D eigenvalue weighted by molar-refractivity contribution is 0.474. The Balaban J connectivity index is 2.85. The van der Waals surface area contributed by atoms with Crippen molar-refractivity contribution in [1.82, 2.24) is 9.78 Å². The smallest absolute Gasteiger partial charge is 0.278 e. The molecule has 3 N–H and O–H groups in total. The van der Waals surface area contributed by atoms with Gasteiger partial charge in [-0.1, -0.05) is 13.0 Å². The monoisotopic (exact) mass is 293 g/mol. The fourth-order valence-electron chi connectivity index (χ4n) is 2.09. The molecule has 0 amide bonds. The van der Waals surface area contributed by atoms with Crippen molar-refractivity contribution in [2.24, 2.45) is 7.05 Å². The zero-order chi connectivity index (χ0) is 14.9. The minimum Gasteiger partial charge on any atom is -0.508 e. The van der Waals surface area contributed by atoms with E-state index in [4.69, 9.17) is 9.92 Å². The van der Waals surface area contributed by atoms with Crippen LogP contribution in [0.15, 0.2) is 23.0 Å². The van der Waals surface area contributed by atoms with Crippen LogP contribution in [0.3, 0.4) is 0 Å². The topological polar surface area (TPSA) is 90.4 Å². The van der Waals surface area contributed by atoms with Crippen LogP contribution in [0.5, 0.6) is 11.5 Å². The van der Waals surface area contributed by atoms with Crippen molar-refractivity contribution in [3.05, 3.63) is 34.1 Å². The van der Waals surface area contributed by atoms with Crippen molar-refractivity contribution in [1.29, 1.82) is 0 Å². The first-order chi connectivity index (χ1) is 9.49. The molecule has 6 nitrogen and oxygen atoms in total. The van der Waals surface area contributed by atoms with E-state index in [-0.39, 0.29) is 28.4 Å². The van der Waals surface area contributed by atoms with E-state index < -0.39 is 0 Å². The van der Waals surface area contributed by atoms with E-state index in [1.807, 2.05) is 6.92 Å². The van der Waals surface area contributed by atoms with Crippen LogP contribution in [0.25, 0.3) is 11.1 Å². The number of rotatable bonds is 3. The molecule has 7 heteroatoms. The van der Waals surface area contributed by atoms with E-state index in [0.717, 1.165) is 10.2 Å². The molecule has 1 aromatic heterocycles. The average molecular weight is 293 g/mol. The Bertz CT molecular complexity index is 713. The lowest BCUT2D eigenvalue weighted by atomic mass is 9.98. The molecule has 0 bridgehead atoms. The number of aromatic nitrogens is 2. The Morgan fingerprint density at radius 2 is 2.20 bits per heavy atom. The van der Waals surface area contributed by atoms with Gasteiger partial charge in [-0.25, -0.2) is 4.68 Å². The van der Waals surface area contributed by atoms with Crippen LogP contribution >= 0.6 is 12.9 Å². The number of thiol groups is 1. The number of nitrogens with zero attached hydrogens (tertiary/aromatic N) is 2. The molecule has 0 aliphatic carbocycles. The number of anilines is 1. The normalized spacial score (nSPS) is 10.6. The maximum absolute atomic E-state index is 12.3. The van der Waals surface area contributed by atoms with Gasteiger partial charge < -0.3 is 15.0 Å². The fourth-order valence-corrected chi connectivity index (χ4v) is 2.27. The summed E-state index contributed by atoms with van der Waals surface area (Å²) in [5.74, 6) is 0.335. The maximum Gasteiger partial charge on any atom is 0.278 e. The summed E-state index contributed by atoms with van der Waals surface area (Å²) < 4.78 is 6.07. The van der Waals surface area contributed by atoms with Gasteiger partial charge >= 0.3 is 0 Å². The highest BCUT2D eigenvalue weighted by Crippen LogP contribution is 2.34. The molecule has 0 saturated heterocycles. The standard InChI is InChI=1S/C13H15N3O3S/c1-3-7-6-8(17)4-5-9(7)10-11(19-20)12(14)15-16(2)13(10)18/h4-6,17,20H,3H2,1-2H3,(H2,14,15). The van der Waals surface area contributed by atoms with Gasteiger partial charge in [-0.2, -0.15) is 0 Å². The summed E-state index contributed by atoms with van der Waals surface area (Å²) in [5.41, 5.74) is 7.15. The number of benzene rings is 1. The Hall–Kier alpha value is -2.15. The van der Waals surface area contributed by atoms with Crippen molar-refractivity contribution in [3.8, 4) is 22.6 Å². The molecule has 1 aromatic carbocycles. The highest BCUT2D eigenvalue weighted by Gasteiger charge is 2.19. The Kier molecular flexibility index (Phi) is 3.89. The van der Waals surface area contributed by atoms with Gasteiger partial charge in [0, 0.05) is 20.0 Å². The predicted octanol–water partition coefficient (Wildman–Crippen LogP) is 1.52. The van der Waals surface area contributed by atoms with Crippen molar-refractivity contribution < 1.29 is 9.29 Å². The molecule has 0 fully saturated rings. The summed E-state index contributed by atoms with van der Waals surface area (Å²) in [6.07, 6.45) is 0.640. The number of phenolic OH excluding ortho intramolecular Hbond substituents is 1. The summed E-state index contributed by atoms with van der Waals surface area (Å²) in [6, 6.07) is 4.77.